The fourth-order valence-electron chi connectivity index (χ4n) is 1.21. The van der Waals surface area contributed by atoms with Crippen LogP contribution < -0.4 is 5.32 Å². The number of carboxylic acids is 1. The van der Waals surface area contributed by atoms with Gasteiger partial charge >= 0.3 is 5.97 Å². The highest BCUT2D eigenvalue weighted by Crippen LogP contribution is 2.07. The van der Waals surface area contributed by atoms with Crippen molar-refractivity contribution < 1.29 is 14.7 Å². The fourth-order valence-corrected chi connectivity index (χ4v) is 1.21. The molecule has 0 fully saturated rings. The smallest absolute Gasteiger partial charge is 0.353 e. The van der Waals surface area contributed by atoms with Crippen molar-refractivity contribution in [3.63, 3.8) is 0 Å². The van der Waals surface area contributed by atoms with Gasteiger partial charge in [-0.1, -0.05) is 0 Å². The molecule has 17 heavy (non-hydrogen) atoms. The molecule has 0 aliphatic heterocycles. The van der Waals surface area contributed by atoms with Gasteiger partial charge in [0.25, 0.3) is 5.91 Å². The van der Waals surface area contributed by atoms with Crippen LogP contribution in [0.3, 0.4) is 0 Å². The molecule has 8 nitrogen and oxygen atoms in total. The molecule has 2 heterocycles. The zero-order valence-corrected chi connectivity index (χ0v) is 8.84. The predicted molar refractivity (Wildman–Crippen MR) is 56.7 cm³/mol. The van der Waals surface area contributed by atoms with Crippen LogP contribution in [0.5, 0.6) is 0 Å². The highest BCUT2D eigenvalue weighted by atomic mass is 16.4. The summed E-state index contributed by atoms with van der Waals surface area (Å²) in [5.41, 5.74) is 0.133. The number of aromatic amines is 1. The Hall–Kier alpha value is -2.64. The Morgan fingerprint density at radius 2 is 2.29 bits per heavy atom. The van der Waals surface area contributed by atoms with Crippen molar-refractivity contribution in [2.24, 2.45) is 7.05 Å². The predicted octanol–water partition coefficient (Wildman–Crippen LogP) is 0.0937. The summed E-state index contributed by atoms with van der Waals surface area (Å²) in [5, 5.41) is 20.9. The van der Waals surface area contributed by atoms with Crippen LogP contribution in [0.2, 0.25) is 0 Å². The molecule has 3 N–H and O–H groups in total. The molecule has 0 aromatic carbocycles. The second kappa shape index (κ2) is 4.08. The van der Waals surface area contributed by atoms with Crippen LogP contribution in [0.1, 0.15) is 21.0 Å². The van der Waals surface area contributed by atoms with Gasteiger partial charge in [-0.15, -0.1) is 0 Å². The highest BCUT2D eigenvalue weighted by Gasteiger charge is 2.12. The van der Waals surface area contributed by atoms with Crippen LogP contribution in [-0.4, -0.2) is 37.0 Å². The number of nitrogens with one attached hydrogen (secondary N) is 2. The molecule has 0 bridgehead atoms. The van der Waals surface area contributed by atoms with Gasteiger partial charge in [0.1, 0.15) is 5.69 Å². The third-order valence-electron chi connectivity index (χ3n) is 2.00. The van der Waals surface area contributed by atoms with Crippen LogP contribution in [-0.2, 0) is 7.05 Å². The van der Waals surface area contributed by atoms with Gasteiger partial charge in [-0.05, 0) is 6.07 Å². The topological polar surface area (TPSA) is 113 Å². The van der Waals surface area contributed by atoms with E-state index in [9.17, 15) is 9.59 Å². The average Bonchev–Trinajstić information content (AvgIpc) is 2.86. The molecule has 0 atom stereocenters. The van der Waals surface area contributed by atoms with E-state index in [-0.39, 0.29) is 17.2 Å². The Labute approximate surface area is 95.3 Å². The molecule has 0 aliphatic rings. The molecule has 0 saturated heterocycles. The van der Waals surface area contributed by atoms with Gasteiger partial charge in [-0.25, -0.2) is 4.79 Å². The number of nitrogens with zero attached hydrogens (tertiary/aromatic N) is 3. The van der Waals surface area contributed by atoms with Crippen molar-refractivity contribution in [3.05, 3.63) is 29.7 Å². The maximum atomic E-state index is 11.6. The molecule has 2 rings (SSSR count). The van der Waals surface area contributed by atoms with Gasteiger partial charge in [0.05, 0.1) is 0 Å². The first-order chi connectivity index (χ1) is 8.06. The number of amides is 1. The van der Waals surface area contributed by atoms with Crippen LogP contribution in [0, 0.1) is 0 Å². The Kier molecular flexibility index (Phi) is 2.61. The van der Waals surface area contributed by atoms with E-state index < -0.39 is 11.9 Å². The number of H-pyrrole nitrogens is 1. The molecule has 88 valence electrons. The third kappa shape index (κ3) is 2.30. The van der Waals surface area contributed by atoms with Crippen molar-refractivity contribution in [1.82, 2.24) is 20.0 Å². The Balaban J connectivity index is 2.10. The minimum absolute atomic E-state index is 0.0960. The van der Waals surface area contributed by atoms with Crippen molar-refractivity contribution in [2.45, 2.75) is 0 Å². The van der Waals surface area contributed by atoms with Crippen molar-refractivity contribution in [3.8, 4) is 0 Å². The second-order valence-corrected chi connectivity index (χ2v) is 3.30. The molecule has 0 aliphatic carbocycles. The molecule has 0 spiro atoms. The van der Waals surface area contributed by atoms with Gasteiger partial charge in [0.15, 0.2) is 11.5 Å². The lowest BCUT2D eigenvalue weighted by Crippen LogP contribution is -2.13. The normalized spacial score (nSPS) is 10.2. The Morgan fingerprint density at radius 1 is 1.53 bits per heavy atom. The SMILES string of the molecule is Cn1ccc(C(=O)Nc2cc(C(=O)O)[nH]n2)n1. The quantitative estimate of drug-likeness (QED) is 0.698. The summed E-state index contributed by atoms with van der Waals surface area (Å²) in [5.74, 6) is -1.46. The summed E-state index contributed by atoms with van der Waals surface area (Å²) in [4.78, 5) is 22.2. The number of rotatable bonds is 3. The molecule has 0 unspecified atom stereocenters. The van der Waals surface area contributed by atoms with E-state index in [1.807, 2.05) is 0 Å². The maximum absolute atomic E-state index is 11.6. The first-order valence-electron chi connectivity index (χ1n) is 4.66. The number of aryl methyl sites for hydroxylation is 1. The number of carboxylic acid groups (broad SMARTS) is 1. The van der Waals surface area contributed by atoms with Gasteiger partial charge in [0, 0.05) is 19.3 Å². The lowest BCUT2D eigenvalue weighted by atomic mass is 10.4. The third-order valence-corrected chi connectivity index (χ3v) is 2.00. The van der Waals surface area contributed by atoms with Crippen molar-refractivity contribution in [2.75, 3.05) is 5.32 Å². The number of carbonyl (C=O) groups is 2. The zero-order valence-electron chi connectivity index (χ0n) is 8.84. The van der Waals surface area contributed by atoms with E-state index in [2.05, 4.69) is 20.6 Å². The molecule has 2 aromatic heterocycles. The number of aromatic carboxylic acids is 1. The first kappa shape index (κ1) is 10.9. The zero-order chi connectivity index (χ0) is 12.4. The number of aromatic nitrogens is 4. The number of hydrogen-bond donors (Lipinski definition) is 3. The number of anilines is 1. The van der Waals surface area contributed by atoms with E-state index in [1.165, 1.54) is 10.7 Å². The van der Waals surface area contributed by atoms with E-state index in [1.54, 1.807) is 19.3 Å². The standard InChI is InChI=1S/C9H9N5O3/c1-14-3-2-5(13-14)8(15)10-7-4-6(9(16)17)11-12-7/h2-4H,1H3,(H,16,17)(H2,10,11,12,15). The minimum Gasteiger partial charge on any atom is -0.477 e. The summed E-state index contributed by atoms with van der Waals surface area (Å²) >= 11 is 0. The molecular formula is C9H9N5O3. The monoisotopic (exact) mass is 235 g/mol. The minimum atomic E-state index is -1.14. The summed E-state index contributed by atoms with van der Waals surface area (Å²) in [6.07, 6.45) is 1.63. The van der Waals surface area contributed by atoms with Crippen molar-refractivity contribution in [1.29, 1.82) is 0 Å². The Bertz CT molecular complexity index is 571. The second-order valence-electron chi connectivity index (χ2n) is 3.30. The van der Waals surface area contributed by atoms with Gasteiger partial charge in [-0.2, -0.15) is 10.2 Å². The first-order valence-corrected chi connectivity index (χ1v) is 4.66. The lowest BCUT2D eigenvalue weighted by molar-refractivity contribution is 0.0690. The molecule has 0 saturated carbocycles. The number of carbonyl (C=O) groups excluding carboxylic acids is 1. The van der Waals surface area contributed by atoms with E-state index >= 15 is 0 Å². The van der Waals surface area contributed by atoms with E-state index in [0.717, 1.165) is 0 Å². The van der Waals surface area contributed by atoms with Gasteiger partial charge in [0.2, 0.25) is 0 Å². The fraction of sp³-hybridized carbons (Fsp3) is 0.111. The van der Waals surface area contributed by atoms with Gasteiger partial charge in [-0.3, -0.25) is 14.6 Å². The Morgan fingerprint density at radius 3 is 2.82 bits per heavy atom. The summed E-state index contributed by atoms with van der Waals surface area (Å²) in [6.45, 7) is 0. The average molecular weight is 235 g/mol. The summed E-state index contributed by atoms with van der Waals surface area (Å²) < 4.78 is 1.49. The molecule has 8 heteroatoms. The van der Waals surface area contributed by atoms with E-state index in [4.69, 9.17) is 5.11 Å². The lowest BCUT2D eigenvalue weighted by Gasteiger charge is -1.96. The highest BCUT2D eigenvalue weighted by molar-refractivity contribution is 6.02. The van der Waals surface area contributed by atoms with Gasteiger partial charge < -0.3 is 10.4 Å². The summed E-state index contributed by atoms with van der Waals surface area (Å²) in [7, 11) is 1.69. The van der Waals surface area contributed by atoms with E-state index in [0.29, 0.717) is 0 Å². The van der Waals surface area contributed by atoms with Crippen LogP contribution in [0.4, 0.5) is 5.82 Å². The van der Waals surface area contributed by atoms with Crippen LogP contribution >= 0.6 is 0 Å². The van der Waals surface area contributed by atoms with Crippen LogP contribution in [0.15, 0.2) is 18.3 Å². The maximum Gasteiger partial charge on any atom is 0.353 e. The number of hydrogen-bond acceptors (Lipinski definition) is 4. The summed E-state index contributed by atoms with van der Waals surface area (Å²) in [6, 6.07) is 2.77. The molecule has 1 amide bonds. The molecule has 0 radical (unpaired) electrons. The van der Waals surface area contributed by atoms with Crippen LogP contribution in [0.25, 0.3) is 0 Å². The molecular weight excluding hydrogens is 226 g/mol. The van der Waals surface area contributed by atoms with Crippen molar-refractivity contribution >= 4 is 17.7 Å². The molecule has 2 aromatic rings. The largest absolute Gasteiger partial charge is 0.477 e.